The number of carbonyl (C=O) groups is 1. The molecule has 0 aliphatic carbocycles. The van der Waals surface area contributed by atoms with Gasteiger partial charge in [-0.05, 0) is 96.3 Å². The normalized spacial score (nSPS) is 24.2. The van der Waals surface area contributed by atoms with Crippen LogP contribution >= 0.6 is 0 Å². The quantitative estimate of drug-likeness (QED) is 0.0204. The fourth-order valence-electron chi connectivity index (χ4n) is 10.3. The Hall–Kier alpha value is -3.61. The zero-order chi connectivity index (χ0) is 62.3. The lowest BCUT2D eigenvalue weighted by molar-refractivity contribution is -0.359. The Labute approximate surface area is 520 Å². The summed E-state index contributed by atoms with van der Waals surface area (Å²) in [7, 11) is 0. The first-order valence-corrected chi connectivity index (χ1v) is 33.8. The Morgan fingerprint density at radius 1 is 0.430 bits per heavy atom. The smallest absolute Gasteiger partial charge is 0.220 e. The first-order chi connectivity index (χ1) is 42.1. The third kappa shape index (κ3) is 39.4. The second kappa shape index (κ2) is 55.5. The van der Waals surface area contributed by atoms with E-state index >= 15 is 0 Å². The number of nitrogens with one attached hydrogen (secondary N) is 1. The minimum absolute atomic E-state index is 0.236. The van der Waals surface area contributed by atoms with Crippen molar-refractivity contribution in [1.29, 1.82) is 0 Å². The van der Waals surface area contributed by atoms with Gasteiger partial charge in [0.15, 0.2) is 12.6 Å². The van der Waals surface area contributed by atoms with E-state index < -0.39 is 86.8 Å². The third-order valence-electron chi connectivity index (χ3n) is 15.6. The molecular formula is C72H121NO13. The summed E-state index contributed by atoms with van der Waals surface area (Å²) in [6.45, 7) is 2.65. The number of aliphatic hydroxyl groups excluding tert-OH is 8. The first-order valence-electron chi connectivity index (χ1n) is 33.8. The molecule has 86 heavy (non-hydrogen) atoms. The number of unbranched alkanes of at least 4 members (excludes halogenated alkanes) is 22. The highest BCUT2D eigenvalue weighted by Crippen LogP contribution is 2.30. The number of amides is 1. The van der Waals surface area contributed by atoms with E-state index in [0.29, 0.717) is 12.8 Å². The zero-order valence-corrected chi connectivity index (χ0v) is 53.3. The number of ether oxygens (including phenoxy) is 4. The topological polar surface area (TPSA) is 228 Å². The maximum atomic E-state index is 13.3. The molecule has 492 valence electrons. The van der Waals surface area contributed by atoms with Gasteiger partial charge in [-0.25, -0.2) is 0 Å². The summed E-state index contributed by atoms with van der Waals surface area (Å²) >= 11 is 0. The number of rotatable bonds is 53. The summed E-state index contributed by atoms with van der Waals surface area (Å²) in [4.78, 5) is 13.3. The molecular weight excluding hydrogens is 1090 g/mol. The van der Waals surface area contributed by atoms with E-state index in [4.69, 9.17) is 18.9 Å². The lowest BCUT2D eigenvalue weighted by Gasteiger charge is -2.46. The highest BCUT2D eigenvalue weighted by Gasteiger charge is 2.51. The van der Waals surface area contributed by atoms with Crippen molar-refractivity contribution in [1.82, 2.24) is 5.32 Å². The average molecular weight is 1210 g/mol. The van der Waals surface area contributed by atoms with Crippen molar-refractivity contribution in [3.63, 3.8) is 0 Å². The number of allylic oxidation sites excluding steroid dienone is 19. The van der Waals surface area contributed by atoms with Crippen molar-refractivity contribution >= 4 is 5.91 Å². The number of hydrogen-bond donors (Lipinski definition) is 9. The van der Waals surface area contributed by atoms with Gasteiger partial charge in [0.05, 0.1) is 32.0 Å². The summed E-state index contributed by atoms with van der Waals surface area (Å²) in [5.74, 6) is -0.277. The Morgan fingerprint density at radius 3 is 1.28 bits per heavy atom. The molecule has 14 nitrogen and oxygen atoms in total. The fraction of sp³-hybridized carbons (Fsp3) is 0.708. The maximum absolute atomic E-state index is 13.3. The molecule has 0 bridgehead atoms. The number of aliphatic hydroxyl groups is 8. The van der Waals surface area contributed by atoms with E-state index in [0.717, 1.165) is 89.9 Å². The molecule has 2 rings (SSSR count). The standard InChI is InChI=1S/C72H121NO13/c1-3-5-7-9-11-13-15-17-19-21-23-25-27-28-29-30-31-32-34-36-38-40-42-44-46-48-50-52-54-56-64(77)73-60(59-83-71-69(82)67(80)70(63(58-75)85-71)86-72-68(81)66(79)65(78)62(57-74)84-72)61(76)55-53-51-49-47-45-43-41-39-37-35-33-26-24-22-20-18-16-14-12-10-8-6-4-2/h5,7,11,13,17,19,23,25,28-29,31-32,36,38,42,44-45,47,53,55,60-63,65-72,74-76,78-82H,3-4,6,8-10,12,14-16,18,20-22,24,26-27,30,33-35,37,39-41,43,46,48-52,54,56-59H2,1-2H3,(H,73,77)/b7-5-,13-11-,19-17-,25-23-,29-28-,32-31-,38-36-,44-42-,47-45+,55-53+. The van der Waals surface area contributed by atoms with Crippen LogP contribution in [-0.2, 0) is 23.7 Å². The molecule has 0 aromatic rings. The van der Waals surface area contributed by atoms with Crippen LogP contribution in [0.15, 0.2) is 122 Å². The van der Waals surface area contributed by atoms with Crippen LogP contribution in [0, 0.1) is 0 Å². The molecule has 0 radical (unpaired) electrons. The maximum Gasteiger partial charge on any atom is 0.220 e. The first kappa shape index (κ1) is 78.5. The van der Waals surface area contributed by atoms with Gasteiger partial charge in [0, 0.05) is 6.42 Å². The largest absolute Gasteiger partial charge is 0.394 e. The van der Waals surface area contributed by atoms with E-state index in [9.17, 15) is 45.6 Å². The second-order valence-corrected chi connectivity index (χ2v) is 23.2. The van der Waals surface area contributed by atoms with E-state index in [-0.39, 0.29) is 18.9 Å². The molecule has 1 amide bonds. The van der Waals surface area contributed by atoms with Crippen LogP contribution < -0.4 is 5.32 Å². The highest BCUT2D eigenvalue weighted by molar-refractivity contribution is 5.76. The van der Waals surface area contributed by atoms with E-state index in [1.54, 1.807) is 6.08 Å². The summed E-state index contributed by atoms with van der Waals surface area (Å²) in [5, 5.41) is 87.3. The van der Waals surface area contributed by atoms with Gasteiger partial charge < -0.3 is 65.1 Å². The molecule has 12 unspecified atom stereocenters. The van der Waals surface area contributed by atoms with Crippen LogP contribution in [0.25, 0.3) is 0 Å². The molecule has 12 atom stereocenters. The van der Waals surface area contributed by atoms with Crippen LogP contribution in [0.2, 0.25) is 0 Å². The van der Waals surface area contributed by atoms with Crippen molar-refractivity contribution < 1.29 is 64.6 Å². The van der Waals surface area contributed by atoms with E-state index in [1.165, 1.54) is 109 Å². The molecule has 2 aliphatic rings. The Kier molecular flexibility index (Phi) is 50.6. The Balaban J connectivity index is 1.75. The van der Waals surface area contributed by atoms with Crippen molar-refractivity contribution in [2.24, 2.45) is 0 Å². The van der Waals surface area contributed by atoms with E-state index in [1.807, 2.05) is 6.08 Å². The van der Waals surface area contributed by atoms with Gasteiger partial charge >= 0.3 is 0 Å². The van der Waals surface area contributed by atoms with Gasteiger partial charge in [-0.15, -0.1) is 0 Å². The minimum atomic E-state index is -1.80. The van der Waals surface area contributed by atoms with Gasteiger partial charge in [0.2, 0.25) is 5.91 Å². The lowest BCUT2D eigenvalue weighted by atomic mass is 9.97. The molecule has 14 heteroatoms. The van der Waals surface area contributed by atoms with Crippen molar-refractivity contribution in [2.75, 3.05) is 19.8 Å². The molecule has 0 saturated carbocycles. The summed E-state index contributed by atoms with van der Waals surface area (Å²) in [6.07, 6.45) is 63.8. The van der Waals surface area contributed by atoms with Crippen LogP contribution in [0.5, 0.6) is 0 Å². The predicted molar refractivity (Wildman–Crippen MR) is 350 cm³/mol. The summed E-state index contributed by atoms with van der Waals surface area (Å²) in [6, 6.07) is -0.956. The number of hydrogen-bond acceptors (Lipinski definition) is 13. The molecule has 0 aromatic heterocycles. The van der Waals surface area contributed by atoms with Crippen LogP contribution in [-0.4, -0.2) is 140 Å². The molecule has 2 aliphatic heterocycles. The van der Waals surface area contributed by atoms with Crippen LogP contribution in [0.1, 0.15) is 232 Å². The lowest BCUT2D eigenvalue weighted by Crippen LogP contribution is -2.65. The van der Waals surface area contributed by atoms with Gasteiger partial charge in [0.25, 0.3) is 0 Å². The van der Waals surface area contributed by atoms with Gasteiger partial charge in [0.1, 0.15) is 48.8 Å². The molecule has 2 heterocycles. The average Bonchev–Trinajstić information content (AvgIpc) is 2.53. The minimum Gasteiger partial charge on any atom is -0.394 e. The number of carbonyl (C=O) groups excluding carboxylic acids is 1. The molecule has 9 N–H and O–H groups in total. The molecule has 0 spiro atoms. The highest BCUT2D eigenvalue weighted by atomic mass is 16.7. The van der Waals surface area contributed by atoms with Crippen molar-refractivity contribution in [3.8, 4) is 0 Å². The van der Waals surface area contributed by atoms with Crippen molar-refractivity contribution in [2.45, 2.75) is 306 Å². The van der Waals surface area contributed by atoms with Gasteiger partial charge in [-0.2, -0.15) is 0 Å². The van der Waals surface area contributed by atoms with Crippen LogP contribution in [0.4, 0.5) is 0 Å². The summed E-state index contributed by atoms with van der Waals surface area (Å²) in [5.41, 5.74) is 0. The zero-order valence-electron chi connectivity index (χ0n) is 53.3. The summed E-state index contributed by atoms with van der Waals surface area (Å²) < 4.78 is 22.8. The third-order valence-corrected chi connectivity index (χ3v) is 15.6. The Bertz CT molecular complexity index is 1910. The molecule has 2 saturated heterocycles. The SMILES string of the molecule is CC/C=C\C/C=C\C/C=C\C/C=C\C/C=C\C/C=C\C/C=C\C/C=C\CCCCCCC(=O)NC(COC1OC(CO)C(OC2OC(CO)C(O)C(O)C2O)C(O)C1O)C(O)/C=C/CC/C=C/CCCCCCCCCCCCCCCCCCC. The molecule has 0 aromatic carbocycles. The van der Waals surface area contributed by atoms with Crippen molar-refractivity contribution in [3.05, 3.63) is 122 Å². The second-order valence-electron chi connectivity index (χ2n) is 23.2. The fourth-order valence-corrected chi connectivity index (χ4v) is 10.3. The van der Waals surface area contributed by atoms with Gasteiger partial charge in [-0.1, -0.05) is 251 Å². The molecule has 2 fully saturated rings. The monoisotopic (exact) mass is 1210 g/mol. The predicted octanol–water partition coefficient (Wildman–Crippen LogP) is 13.3. The Morgan fingerprint density at radius 2 is 0.814 bits per heavy atom. The van der Waals surface area contributed by atoms with Gasteiger partial charge in [-0.3, -0.25) is 4.79 Å². The van der Waals surface area contributed by atoms with Crippen LogP contribution in [0.3, 0.4) is 0 Å². The van der Waals surface area contributed by atoms with E-state index in [2.05, 4.69) is 129 Å².